The standard InChI is InChI=1S/C38H54N6O10/c1-8-53-23(4)27-19-28(44-31(47)17-18-32(44)48)36(51)43(27)20-30(46)42-33(22(2)3)35(50)41-26(11-9-10-12-29(39)45)34(49)40-25-15-13-24(14-16-25)21-54-37(52)38(5,6)7/h13-18,22-23,26-28,33H,8-12,19-21H2,1-7H3,(H2,39,45)(H,40,49)(H,41,50)(H,42,46)/t23?,26-,27-,28-,33-/m0/s1. The van der Waals surface area contributed by atoms with Gasteiger partial charge in [0.25, 0.3) is 11.8 Å². The number of primary amides is 1. The maximum atomic E-state index is 13.7. The number of amides is 7. The van der Waals surface area contributed by atoms with Crippen LogP contribution < -0.4 is 21.7 Å². The van der Waals surface area contributed by atoms with Crippen molar-refractivity contribution in [1.29, 1.82) is 0 Å². The van der Waals surface area contributed by atoms with Gasteiger partial charge < -0.3 is 36.1 Å². The van der Waals surface area contributed by atoms with E-state index in [9.17, 15) is 38.4 Å². The minimum absolute atomic E-state index is 0.0547. The van der Waals surface area contributed by atoms with E-state index in [0.717, 1.165) is 17.1 Å². The molecule has 1 aromatic carbocycles. The molecule has 2 heterocycles. The fraction of sp³-hybridized carbons (Fsp3) is 0.579. The molecule has 0 saturated carbocycles. The monoisotopic (exact) mass is 754 g/mol. The highest BCUT2D eigenvalue weighted by atomic mass is 16.5. The van der Waals surface area contributed by atoms with E-state index < -0.39 is 89.5 Å². The minimum atomic E-state index is -1.12. The number of ether oxygens (including phenoxy) is 2. The molecule has 296 valence electrons. The van der Waals surface area contributed by atoms with E-state index in [1.165, 1.54) is 4.90 Å². The van der Waals surface area contributed by atoms with Gasteiger partial charge in [-0.3, -0.25) is 43.3 Å². The Morgan fingerprint density at radius 1 is 0.926 bits per heavy atom. The average Bonchev–Trinajstić information content (AvgIpc) is 3.59. The molecule has 1 unspecified atom stereocenters. The van der Waals surface area contributed by atoms with E-state index in [1.54, 1.807) is 72.7 Å². The second kappa shape index (κ2) is 19.3. The summed E-state index contributed by atoms with van der Waals surface area (Å²) < 4.78 is 11.1. The number of nitrogens with one attached hydrogen (secondary N) is 3. The molecule has 3 rings (SSSR count). The predicted molar refractivity (Wildman–Crippen MR) is 197 cm³/mol. The topological polar surface area (TPSA) is 224 Å². The van der Waals surface area contributed by atoms with Gasteiger partial charge in [0.15, 0.2) is 0 Å². The second-order valence-electron chi connectivity index (χ2n) is 14.9. The summed E-state index contributed by atoms with van der Waals surface area (Å²) in [6.07, 6.45) is 2.75. The summed E-state index contributed by atoms with van der Waals surface area (Å²) in [6, 6.07) is 2.74. The van der Waals surface area contributed by atoms with Crippen molar-refractivity contribution in [2.45, 2.75) is 117 Å². The largest absolute Gasteiger partial charge is 0.460 e. The van der Waals surface area contributed by atoms with Gasteiger partial charge in [0.2, 0.25) is 29.5 Å². The number of carbonyl (C=O) groups is 8. The quantitative estimate of drug-likeness (QED) is 0.0909. The lowest BCUT2D eigenvalue weighted by molar-refractivity contribution is -0.154. The third-order valence-corrected chi connectivity index (χ3v) is 9.14. The number of imide groups is 1. The lowest BCUT2D eigenvalue weighted by Crippen LogP contribution is -2.56. The first kappa shape index (κ1) is 43.3. The molecular weight excluding hydrogens is 700 g/mol. The van der Waals surface area contributed by atoms with Crippen molar-refractivity contribution in [3.63, 3.8) is 0 Å². The number of anilines is 1. The average molecular weight is 755 g/mol. The molecular formula is C38H54N6O10. The molecule has 1 aromatic rings. The molecule has 16 heteroatoms. The van der Waals surface area contributed by atoms with Gasteiger partial charge >= 0.3 is 5.97 Å². The number of rotatable bonds is 19. The van der Waals surface area contributed by atoms with Crippen molar-refractivity contribution in [1.82, 2.24) is 20.4 Å². The molecule has 0 aliphatic carbocycles. The molecule has 0 radical (unpaired) electrons. The fourth-order valence-corrected chi connectivity index (χ4v) is 6.13. The van der Waals surface area contributed by atoms with E-state index in [0.29, 0.717) is 30.7 Å². The zero-order chi connectivity index (χ0) is 40.3. The number of benzene rings is 1. The van der Waals surface area contributed by atoms with Crippen LogP contribution in [0, 0.1) is 11.3 Å². The van der Waals surface area contributed by atoms with Crippen molar-refractivity contribution in [3.8, 4) is 0 Å². The summed E-state index contributed by atoms with van der Waals surface area (Å²) in [5, 5.41) is 8.22. The van der Waals surface area contributed by atoms with Gasteiger partial charge in [-0.05, 0) is 71.1 Å². The molecule has 54 heavy (non-hydrogen) atoms. The molecule has 1 fully saturated rings. The fourth-order valence-electron chi connectivity index (χ4n) is 6.13. The van der Waals surface area contributed by atoms with Crippen molar-refractivity contribution in [2.24, 2.45) is 17.1 Å². The van der Waals surface area contributed by atoms with Gasteiger partial charge in [-0.2, -0.15) is 0 Å². The van der Waals surface area contributed by atoms with E-state index in [-0.39, 0.29) is 31.8 Å². The molecule has 5 N–H and O–H groups in total. The van der Waals surface area contributed by atoms with E-state index >= 15 is 0 Å². The molecule has 5 atom stereocenters. The first-order chi connectivity index (χ1) is 25.3. The molecule has 0 aromatic heterocycles. The number of unbranched alkanes of at least 4 members (excludes halogenated alkanes) is 1. The van der Waals surface area contributed by atoms with Crippen LogP contribution in [0.5, 0.6) is 0 Å². The van der Waals surface area contributed by atoms with Crippen LogP contribution in [0.1, 0.15) is 86.1 Å². The Hall–Kier alpha value is -5.12. The number of nitrogens with zero attached hydrogens (tertiary/aromatic N) is 2. The van der Waals surface area contributed by atoms with Gasteiger partial charge in [-0.25, -0.2) is 0 Å². The van der Waals surface area contributed by atoms with Crippen molar-refractivity contribution in [2.75, 3.05) is 18.5 Å². The Morgan fingerprint density at radius 3 is 2.11 bits per heavy atom. The second-order valence-corrected chi connectivity index (χ2v) is 14.9. The number of nitrogens with two attached hydrogens (primary N) is 1. The highest BCUT2D eigenvalue weighted by Crippen LogP contribution is 2.29. The van der Waals surface area contributed by atoms with E-state index in [2.05, 4.69) is 16.0 Å². The Balaban J connectivity index is 1.72. The lowest BCUT2D eigenvalue weighted by atomic mass is 9.97. The predicted octanol–water partition coefficient (Wildman–Crippen LogP) is 1.71. The molecule has 2 aliphatic heterocycles. The van der Waals surface area contributed by atoms with Crippen LogP contribution in [0.2, 0.25) is 0 Å². The first-order valence-corrected chi connectivity index (χ1v) is 18.3. The smallest absolute Gasteiger partial charge is 0.311 e. The van der Waals surface area contributed by atoms with E-state index in [1.807, 2.05) is 0 Å². The third kappa shape index (κ3) is 11.9. The maximum Gasteiger partial charge on any atom is 0.311 e. The van der Waals surface area contributed by atoms with Crippen molar-refractivity contribution < 1.29 is 47.8 Å². The molecule has 0 spiro atoms. The van der Waals surface area contributed by atoms with Crippen molar-refractivity contribution in [3.05, 3.63) is 42.0 Å². The SMILES string of the molecule is CCOC(C)[C@@H]1C[C@H](N2C(=O)C=CC2=O)C(=O)N1CC(=O)N[C@H](C(=O)N[C@@H](CCCCC(N)=O)C(=O)Nc1ccc(COC(=O)C(C)(C)C)cc1)C(C)C. The Kier molecular flexibility index (Phi) is 15.5. The zero-order valence-electron chi connectivity index (χ0n) is 32.1. The normalized spacial score (nSPS) is 18.8. The summed E-state index contributed by atoms with van der Waals surface area (Å²) in [6.45, 7) is 12.1. The first-order valence-electron chi connectivity index (χ1n) is 18.3. The third-order valence-electron chi connectivity index (χ3n) is 9.14. The number of hydrogen-bond acceptors (Lipinski definition) is 10. The van der Waals surface area contributed by atoms with Crippen LogP contribution in [-0.4, -0.2) is 101 Å². The molecule has 0 bridgehead atoms. The van der Waals surface area contributed by atoms with Gasteiger partial charge in [0.1, 0.15) is 31.3 Å². The Labute approximate surface area is 315 Å². The van der Waals surface area contributed by atoms with Crippen LogP contribution in [0.25, 0.3) is 0 Å². The van der Waals surface area contributed by atoms with Crippen molar-refractivity contribution >= 4 is 53.0 Å². The molecule has 1 saturated heterocycles. The molecule has 16 nitrogen and oxygen atoms in total. The van der Waals surface area contributed by atoms with Crippen LogP contribution in [0.15, 0.2) is 36.4 Å². The Morgan fingerprint density at radius 2 is 1.56 bits per heavy atom. The summed E-state index contributed by atoms with van der Waals surface area (Å²) in [4.78, 5) is 105. The zero-order valence-corrected chi connectivity index (χ0v) is 32.1. The van der Waals surface area contributed by atoms with Crippen LogP contribution in [-0.2, 0) is 54.4 Å². The molecule has 2 aliphatic rings. The number of hydrogen-bond donors (Lipinski definition) is 4. The number of carbonyl (C=O) groups excluding carboxylic acids is 8. The van der Waals surface area contributed by atoms with Crippen LogP contribution in [0.3, 0.4) is 0 Å². The van der Waals surface area contributed by atoms with Gasteiger partial charge in [0.05, 0.1) is 17.6 Å². The minimum Gasteiger partial charge on any atom is -0.460 e. The van der Waals surface area contributed by atoms with E-state index in [4.69, 9.17) is 15.2 Å². The van der Waals surface area contributed by atoms with Crippen LogP contribution in [0.4, 0.5) is 5.69 Å². The van der Waals surface area contributed by atoms with Crippen LogP contribution >= 0.6 is 0 Å². The summed E-state index contributed by atoms with van der Waals surface area (Å²) in [7, 11) is 0. The van der Waals surface area contributed by atoms with Gasteiger partial charge in [0, 0.05) is 37.3 Å². The summed E-state index contributed by atoms with van der Waals surface area (Å²) in [5.74, 6) is -4.97. The van der Waals surface area contributed by atoms with Gasteiger partial charge in [-0.15, -0.1) is 0 Å². The molecule has 7 amide bonds. The number of likely N-dealkylation sites (tertiary alicyclic amines) is 1. The lowest BCUT2D eigenvalue weighted by Gasteiger charge is -2.30. The highest BCUT2D eigenvalue weighted by molar-refractivity contribution is 6.15. The highest BCUT2D eigenvalue weighted by Gasteiger charge is 2.49. The Bertz CT molecular complexity index is 1580. The number of esters is 1. The summed E-state index contributed by atoms with van der Waals surface area (Å²) in [5.41, 5.74) is 5.76. The summed E-state index contributed by atoms with van der Waals surface area (Å²) >= 11 is 0. The maximum absolute atomic E-state index is 13.7. The van der Waals surface area contributed by atoms with Gasteiger partial charge in [-0.1, -0.05) is 32.4 Å².